The number of nitrogens with one attached hydrogen (secondary N) is 2. The number of fused-ring (bicyclic) bond motifs is 2. The van der Waals surface area contributed by atoms with Gasteiger partial charge in [-0.05, 0) is 53.3 Å². The largest absolute Gasteiger partial charge is 0.486 e. The summed E-state index contributed by atoms with van der Waals surface area (Å²) in [5, 5.41) is 8.20. The molecule has 0 radical (unpaired) electrons. The minimum atomic E-state index is -0.305. The van der Waals surface area contributed by atoms with E-state index >= 15 is 0 Å². The van der Waals surface area contributed by atoms with E-state index in [2.05, 4.69) is 10.6 Å². The van der Waals surface area contributed by atoms with Gasteiger partial charge in [0.2, 0.25) is 0 Å². The van der Waals surface area contributed by atoms with Gasteiger partial charge in [-0.2, -0.15) is 0 Å². The van der Waals surface area contributed by atoms with Crippen molar-refractivity contribution in [2.24, 2.45) is 0 Å². The van der Waals surface area contributed by atoms with Crippen molar-refractivity contribution in [3.63, 3.8) is 0 Å². The van der Waals surface area contributed by atoms with Crippen LogP contribution in [0.5, 0.6) is 11.5 Å². The highest BCUT2D eigenvalue weighted by Gasteiger charge is 2.15. The second-order valence-electron chi connectivity index (χ2n) is 5.83. The fourth-order valence-corrected chi connectivity index (χ4v) is 3.00. The smallest absolute Gasteiger partial charge is 0.257 e. The maximum atomic E-state index is 12.4. The van der Waals surface area contributed by atoms with E-state index in [1.165, 1.54) is 0 Å². The molecule has 0 atom stereocenters. The topological polar surface area (TPSA) is 59.6 Å². The monoisotopic (exact) mass is 364 g/mol. The van der Waals surface area contributed by atoms with Crippen molar-refractivity contribution < 1.29 is 14.3 Å². The van der Waals surface area contributed by atoms with Crippen molar-refractivity contribution in [3.05, 3.63) is 66.2 Å². The predicted octanol–water partition coefficient (Wildman–Crippen LogP) is 3.74. The number of hydrogen-bond donors (Lipinski definition) is 2. The van der Waals surface area contributed by atoms with Gasteiger partial charge in [-0.3, -0.25) is 10.1 Å². The number of carbonyl (C=O) groups is 1. The molecular weight excluding hydrogens is 348 g/mol. The van der Waals surface area contributed by atoms with Crippen LogP contribution in [-0.4, -0.2) is 24.2 Å². The fraction of sp³-hybridized carbons (Fsp3) is 0.100. The van der Waals surface area contributed by atoms with Gasteiger partial charge in [-0.25, -0.2) is 0 Å². The van der Waals surface area contributed by atoms with Crippen LogP contribution in [0.25, 0.3) is 10.8 Å². The minimum absolute atomic E-state index is 0.236. The van der Waals surface area contributed by atoms with E-state index in [0.717, 1.165) is 16.5 Å². The highest BCUT2D eigenvalue weighted by molar-refractivity contribution is 7.80. The lowest BCUT2D eigenvalue weighted by atomic mass is 10.1. The number of ether oxygens (including phenoxy) is 2. The second-order valence-corrected chi connectivity index (χ2v) is 6.24. The van der Waals surface area contributed by atoms with Gasteiger partial charge in [0.05, 0.1) is 0 Å². The molecule has 2 N–H and O–H groups in total. The van der Waals surface area contributed by atoms with E-state index in [4.69, 9.17) is 21.7 Å². The number of amides is 1. The maximum Gasteiger partial charge on any atom is 0.257 e. The molecule has 1 aliphatic rings. The van der Waals surface area contributed by atoms with Crippen molar-refractivity contribution in [1.82, 2.24) is 5.32 Å². The number of carbonyl (C=O) groups excluding carboxylic acids is 1. The summed E-state index contributed by atoms with van der Waals surface area (Å²) in [6.45, 7) is 0.984. The Morgan fingerprint density at radius 3 is 2.50 bits per heavy atom. The van der Waals surface area contributed by atoms with E-state index in [9.17, 15) is 4.79 Å². The summed E-state index contributed by atoms with van der Waals surface area (Å²) >= 11 is 5.26. The average Bonchev–Trinajstić information content (AvgIpc) is 2.67. The molecule has 4 rings (SSSR count). The number of thiocarbonyl (C=S) groups is 1. The third-order valence-corrected chi connectivity index (χ3v) is 4.24. The summed E-state index contributed by atoms with van der Waals surface area (Å²) in [6.07, 6.45) is 0. The highest BCUT2D eigenvalue weighted by atomic mass is 32.1. The average molecular weight is 364 g/mol. The lowest BCUT2D eigenvalue weighted by molar-refractivity contribution is 0.0976. The Morgan fingerprint density at radius 1 is 0.885 bits per heavy atom. The van der Waals surface area contributed by atoms with Crippen LogP contribution in [0.15, 0.2) is 60.7 Å². The summed E-state index contributed by atoms with van der Waals surface area (Å²) < 4.78 is 11.0. The van der Waals surface area contributed by atoms with Crippen LogP contribution in [0.1, 0.15) is 10.4 Å². The van der Waals surface area contributed by atoms with E-state index in [1.54, 1.807) is 18.2 Å². The third-order valence-electron chi connectivity index (χ3n) is 4.04. The lowest BCUT2D eigenvalue weighted by Crippen LogP contribution is -2.34. The Hall–Kier alpha value is -3.12. The van der Waals surface area contributed by atoms with Gasteiger partial charge in [0.1, 0.15) is 13.2 Å². The predicted molar refractivity (Wildman–Crippen MR) is 105 cm³/mol. The van der Waals surface area contributed by atoms with E-state index < -0.39 is 0 Å². The third kappa shape index (κ3) is 3.45. The first-order valence-corrected chi connectivity index (χ1v) is 8.61. The van der Waals surface area contributed by atoms with Crippen molar-refractivity contribution in [2.45, 2.75) is 0 Å². The molecule has 3 aromatic carbocycles. The molecule has 0 saturated heterocycles. The number of hydrogen-bond acceptors (Lipinski definition) is 4. The summed E-state index contributed by atoms with van der Waals surface area (Å²) in [7, 11) is 0. The molecule has 0 spiro atoms. The minimum Gasteiger partial charge on any atom is -0.486 e. The summed E-state index contributed by atoms with van der Waals surface area (Å²) in [6, 6.07) is 19.0. The van der Waals surface area contributed by atoms with Crippen LogP contribution in [0.3, 0.4) is 0 Å². The Morgan fingerprint density at radius 2 is 1.65 bits per heavy atom. The molecule has 130 valence electrons. The lowest BCUT2D eigenvalue weighted by Gasteiger charge is -2.18. The van der Waals surface area contributed by atoms with Crippen LogP contribution in [0.2, 0.25) is 0 Å². The van der Waals surface area contributed by atoms with Crippen LogP contribution < -0.4 is 20.1 Å². The molecule has 3 aromatic rings. The maximum absolute atomic E-state index is 12.4. The van der Waals surface area contributed by atoms with Gasteiger partial charge in [0.15, 0.2) is 16.6 Å². The molecular formula is C20H16N2O3S. The van der Waals surface area contributed by atoms with E-state index in [1.807, 2.05) is 42.5 Å². The molecule has 0 fully saturated rings. The Balaban J connectivity index is 1.44. The van der Waals surface area contributed by atoms with Gasteiger partial charge in [-0.15, -0.1) is 0 Å². The second kappa shape index (κ2) is 7.01. The quantitative estimate of drug-likeness (QED) is 0.679. The van der Waals surface area contributed by atoms with Gasteiger partial charge in [-0.1, -0.05) is 30.3 Å². The zero-order chi connectivity index (χ0) is 17.9. The molecule has 0 bridgehead atoms. The first-order chi connectivity index (χ1) is 12.7. The standard InChI is InChI=1S/C20H16N2O3S/c23-19(15-6-8-17-18(12-15)25-10-9-24-17)22-20(26)21-16-7-5-13-3-1-2-4-14(13)11-16/h1-8,11-12H,9-10H2,(H2,21,22,23,26). The van der Waals surface area contributed by atoms with Crippen molar-refractivity contribution in [2.75, 3.05) is 18.5 Å². The van der Waals surface area contributed by atoms with Crippen LogP contribution in [-0.2, 0) is 0 Å². The Labute approximate surface area is 155 Å². The highest BCUT2D eigenvalue weighted by Crippen LogP contribution is 2.30. The summed E-state index contributed by atoms with van der Waals surface area (Å²) in [5.74, 6) is 0.905. The normalized spacial score (nSPS) is 12.5. The van der Waals surface area contributed by atoms with E-state index in [0.29, 0.717) is 30.3 Å². The molecule has 1 aliphatic heterocycles. The SMILES string of the molecule is O=C(NC(=S)Nc1ccc2ccccc2c1)c1ccc2c(c1)OCCO2. The fourth-order valence-electron chi connectivity index (χ4n) is 2.79. The molecule has 1 amide bonds. The summed E-state index contributed by atoms with van der Waals surface area (Å²) in [5.41, 5.74) is 1.27. The van der Waals surface area contributed by atoms with Gasteiger partial charge in [0, 0.05) is 11.3 Å². The number of rotatable bonds is 2. The molecule has 1 heterocycles. The molecule has 0 saturated carbocycles. The first-order valence-electron chi connectivity index (χ1n) is 8.20. The number of anilines is 1. The van der Waals surface area contributed by atoms with Gasteiger partial charge < -0.3 is 14.8 Å². The zero-order valence-electron chi connectivity index (χ0n) is 13.8. The molecule has 0 aromatic heterocycles. The van der Waals surface area contributed by atoms with Gasteiger partial charge >= 0.3 is 0 Å². The van der Waals surface area contributed by atoms with Gasteiger partial charge in [0.25, 0.3) is 5.91 Å². The first kappa shape index (κ1) is 16.4. The van der Waals surface area contributed by atoms with Crippen molar-refractivity contribution >= 4 is 39.7 Å². The van der Waals surface area contributed by atoms with Crippen LogP contribution in [0.4, 0.5) is 5.69 Å². The van der Waals surface area contributed by atoms with Crippen LogP contribution >= 0.6 is 12.2 Å². The molecule has 0 unspecified atom stereocenters. The van der Waals surface area contributed by atoms with Crippen molar-refractivity contribution in [1.29, 1.82) is 0 Å². The molecule has 6 heteroatoms. The molecule has 26 heavy (non-hydrogen) atoms. The Kier molecular flexibility index (Phi) is 4.41. The summed E-state index contributed by atoms with van der Waals surface area (Å²) in [4.78, 5) is 12.4. The molecule has 5 nitrogen and oxygen atoms in total. The zero-order valence-corrected chi connectivity index (χ0v) is 14.6. The van der Waals surface area contributed by atoms with Crippen molar-refractivity contribution in [3.8, 4) is 11.5 Å². The molecule has 0 aliphatic carbocycles. The van der Waals surface area contributed by atoms with Crippen LogP contribution in [0, 0.1) is 0 Å². The number of benzene rings is 3. The van der Waals surface area contributed by atoms with E-state index in [-0.39, 0.29) is 11.0 Å². The Bertz CT molecular complexity index is 1000.